The van der Waals surface area contributed by atoms with Crippen molar-refractivity contribution in [1.82, 2.24) is 10.2 Å². The molecule has 6 nitrogen and oxygen atoms in total. The van der Waals surface area contributed by atoms with Gasteiger partial charge in [-0.3, -0.25) is 4.99 Å². The molecule has 1 heterocycles. The van der Waals surface area contributed by atoms with Crippen LogP contribution < -0.4 is 10.2 Å². The predicted octanol–water partition coefficient (Wildman–Crippen LogP) is 2.78. The summed E-state index contributed by atoms with van der Waals surface area (Å²) in [5, 5.41) is 3.28. The molecule has 1 aliphatic heterocycles. The van der Waals surface area contributed by atoms with Gasteiger partial charge in [-0.25, -0.2) is 12.8 Å². The second-order valence-corrected chi connectivity index (χ2v) is 9.26. The molecule has 0 radical (unpaired) electrons. The Labute approximate surface area is 178 Å². The topological polar surface area (TPSA) is 65.0 Å². The number of hydrogen-bond acceptors (Lipinski definition) is 4. The first-order chi connectivity index (χ1) is 14.5. The van der Waals surface area contributed by atoms with Crippen LogP contribution in [0.3, 0.4) is 0 Å². The average Bonchev–Trinajstić information content (AvgIpc) is 2.77. The number of halogens is 1. The maximum Gasteiger partial charge on any atom is 0.194 e. The van der Waals surface area contributed by atoms with Gasteiger partial charge in [0.25, 0.3) is 0 Å². The van der Waals surface area contributed by atoms with Crippen LogP contribution in [0.4, 0.5) is 10.1 Å². The van der Waals surface area contributed by atoms with E-state index in [9.17, 15) is 12.8 Å². The molecule has 8 heteroatoms. The van der Waals surface area contributed by atoms with Crippen LogP contribution in [-0.2, 0) is 9.84 Å². The zero-order chi connectivity index (χ0) is 21.4. The number of aliphatic imine (C=N–C) groups is 1. The minimum Gasteiger partial charge on any atom is -0.366 e. The number of hydrogen-bond donors (Lipinski definition) is 1. The minimum atomic E-state index is -3.28. The lowest BCUT2D eigenvalue weighted by Crippen LogP contribution is -2.52. The van der Waals surface area contributed by atoms with Crippen molar-refractivity contribution in [3.8, 4) is 0 Å². The van der Waals surface area contributed by atoms with Gasteiger partial charge in [0.2, 0.25) is 0 Å². The van der Waals surface area contributed by atoms with Gasteiger partial charge in [-0.15, -0.1) is 0 Å². The molecule has 0 atom stereocenters. The molecule has 3 rings (SSSR count). The van der Waals surface area contributed by atoms with E-state index >= 15 is 0 Å². The third-order valence-corrected chi connectivity index (χ3v) is 6.86. The monoisotopic (exact) mass is 432 g/mol. The van der Waals surface area contributed by atoms with E-state index in [1.165, 1.54) is 6.07 Å². The Balaban J connectivity index is 1.54. The molecule has 0 bridgehead atoms. The molecule has 30 heavy (non-hydrogen) atoms. The predicted molar refractivity (Wildman–Crippen MR) is 119 cm³/mol. The van der Waals surface area contributed by atoms with Gasteiger partial charge in [0, 0.05) is 39.3 Å². The lowest BCUT2D eigenvalue weighted by molar-refractivity contribution is 0.371. The Bertz CT molecular complexity index is 943. The largest absolute Gasteiger partial charge is 0.366 e. The van der Waals surface area contributed by atoms with E-state index in [-0.39, 0.29) is 11.6 Å². The third-order valence-electron chi connectivity index (χ3n) is 5.04. The third kappa shape index (κ3) is 5.72. The van der Waals surface area contributed by atoms with E-state index in [1.54, 1.807) is 42.5 Å². The number of anilines is 1. The van der Waals surface area contributed by atoms with Crippen LogP contribution in [0.1, 0.15) is 13.3 Å². The molecule has 2 aromatic carbocycles. The van der Waals surface area contributed by atoms with Gasteiger partial charge in [0.15, 0.2) is 15.8 Å². The molecule has 1 fully saturated rings. The van der Waals surface area contributed by atoms with E-state index in [2.05, 4.69) is 15.2 Å². The van der Waals surface area contributed by atoms with Crippen LogP contribution in [0.25, 0.3) is 0 Å². The molecular formula is C22H29FN4O2S. The molecule has 0 unspecified atom stereocenters. The van der Waals surface area contributed by atoms with Crippen LogP contribution in [0.15, 0.2) is 64.5 Å². The maximum atomic E-state index is 14.0. The number of guanidine groups is 1. The van der Waals surface area contributed by atoms with Crippen LogP contribution in [0.2, 0.25) is 0 Å². The van der Waals surface area contributed by atoms with Crippen molar-refractivity contribution >= 4 is 21.5 Å². The fourth-order valence-electron chi connectivity index (χ4n) is 3.48. The molecule has 1 N–H and O–H groups in total. The van der Waals surface area contributed by atoms with Crippen molar-refractivity contribution in [2.24, 2.45) is 4.99 Å². The summed E-state index contributed by atoms with van der Waals surface area (Å²) in [5.41, 5.74) is 0.630. The Morgan fingerprint density at radius 1 is 1.03 bits per heavy atom. The molecule has 0 spiro atoms. The SMILES string of the molecule is CCNC(=NCCCS(=O)(=O)c1ccccc1)N1CCN(c2ccccc2F)CC1. The second kappa shape index (κ2) is 10.4. The van der Waals surface area contributed by atoms with Gasteiger partial charge >= 0.3 is 0 Å². The highest BCUT2D eigenvalue weighted by Gasteiger charge is 2.21. The Kier molecular flexibility index (Phi) is 7.68. The fourth-order valence-corrected chi connectivity index (χ4v) is 4.80. The van der Waals surface area contributed by atoms with Gasteiger partial charge in [0.05, 0.1) is 16.3 Å². The first kappa shape index (κ1) is 22.1. The number of sulfone groups is 1. The number of benzene rings is 2. The number of para-hydroxylation sites is 1. The van der Waals surface area contributed by atoms with Crippen LogP contribution in [0, 0.1) is 5.82 Å². The molecule has 1 saturated heterocycles. The molecular weight excluding hydrogens is 403 g/mol. The summed E-state index contributed by atoms with van der Waals surface area (Å²) < 4.78 is 38.8. The lowest BCUT2D eigenvalue weighted by Gasteiger charge is -2.37. The molecule has 1 aliphatic rings. The molecule has 0 saturated carbocycles. The van der Waals surface area contributed by atoms with Gasteiger partial charge in [-0.1, -0.05) is 30.3 Å². The van der Waals surface area contributed by atoms with Crippen LogP contribution >= 0.6 is 0 Å². The summed E-state index contributed by atoms with van der Waals surface area (Å²) in [6.45, 7) is 6.02. The quantitative estimate of drug-likeness (QED) is 0.414. The maximum absolute atomic E-state index is 14.0. The number of piperazine rings is 1. The van der Waals surface area contributed by atoms with Gasteiger partial charge in [0.1, 0.15) is 5.82 Å². The molecule has 0 aliphatic carbocycles. The summed E-state index contributed by atoms with van der Waals surface area (Å²) in [7, 11) is -3.28. The number of rotatable bonds is 7. The number of nitrogens with zero attached hydrogens (tertiary/aromatic N) is 3. The van der Waals surface area contributed by atoms with Crippen molar-refractivity contribution in [2.75, 3.05) is 49.9 Å². The van der Waals surface area contributed by atoms with E-state index in [4.69, 9.17) is 0 Å². The Hall–Kier alpha value is -2.61. The molecule has 2 aromatic rings. The van der Waals surface area contributed by atoms with Gasteiger partial charge in [-0.05, 0) is 37.6 Å². The first-order valence-electron chi connectivity index (χ1n) is 10.3. The zero-order valence-electron chi connectivity index (χ0n) is 17.3. The zero-order valence-corrected chi connectivity index (χ0v) is 18.1. The van der Waals surface area contributed by atoms with Gasteiger partial charge in [-0.2, -0.15) is 0 Å². The van der Waals surface area contributed by atoms with Crippen molar-refractivity contribution in [3.63, 3.8) is 0 Å². The second-order valence-electron chi connectivity index (χ2n) is 7.15. The van der Waals surface area contributed by atoms with Crippen LogP contribution in [0.5, 0.6) is 0 Å². The summed E-state index contributed by atoms with van der Waals surface area (Å²) in [6, 6.07) is 15.3. The van der Waals surface area contributed by atoms with Gasteiger partial charge < -0.3 is 15.1 Å². The average molecular weight is 433 g/mol. The highest BCUT2D eigenvalue weighted by molar-refractivity contribution is 7.91. The first-order valence-corrected chi connectivity index (χ1v) is 12.0. The van der Waals surface area contributed by atoms with Crippen molar-refractivity contribution < 1.29 is 12.8 Å². The van der Waals surface area contributed by atoms with Crippen LogP contribution in [-0.4, -0.2) is 64.3 Å². The minimum absolute atomic E-state index is 0.0704. The highest BCUT2D eigenvalue weighted by atomic mass is 32.2. The van der Waals surface area contributed by atoms with E-state index in [1.807, 2.05) is 17.9 Å². The smallest absolute Gasteiger partial charge is 0.194 e. The normalized spacial score (nSPS) is 15.3. The standard InChI is InChI=1S/C22H29FN4O2S/c1-2-24-22(25-13-8-18-30(28,29)19-9-4-3-5-10-19)27-16-14-26(15-17-27)21-12-7-6-11-20(21)23/h3-7,9-12H,2,8,13-18H2,1H3,(H,24,25). The Morgan fingerprint density at radius 3 is 2.37 bits per heavy atom. The van der Waals surface area contributed by atoms with Crippen molar-refractivity contribution in [3.05, 3.63) is 60.4 Å². The summed E-state index contributed by atoms with van der Waals surface area (Å²) in [5.74, 6) is 0.648. The highest BCUT2D eigenvalue weighted by Crippen LogP contribution is 2.20. The van der Waals surface area contributed by atoms with E-state index in [0.29, 0.717) is 36.6 Å². The van der Waals surface area contributed by atoms with Crippen molar-refractivity contribution in [2.45, 2.75) is 18.2 Å². The summed E-state index contributed by atoms with van der Waals surface area (Å²) in [4.78, 5) is 9.16. The van der Waals surface area contributed by atoms with E-state index < -0.39 is 9.84 Å². The summed E-state index contributed by atoms with van der Waals surface area (Å²) in [6.07, 6.45) is 0.460. The number of nitrogens with one attached hydrogen (secondary N) is 1. The molecule has 0 aromatic heterocycles. The molecule has 162 valence electrons. The van der Waals surface area contributed by atoms with E-state index in [0.717, 1.165) is 25.6 Å². The lowest BCUT2D eigenvalue weighted by atomic mass is 10.2. The van der Waals surface area contributed by atoms with Crippen molar-refractivity contribution in [1.29, 1.82) is 0 Å². The summed E-state index contributed by atoms with van der Waals surface area (Å²) >= 11 is 0. The Morgan fingerprint density at radius 2 is 1.70 bits per heavy atom. The molecule has 0 amide bonds. The fraction of sp³-hybridized carbons (Fsp3) is 0.409.